The first-order chi connectivity index (χ1) is 5.79. The highest BCUT2D eigenvalue weighted by atomic mass is 32.1. The number of hydrogen-bond acceptors (Lipinski definition) is 1. The minimum absolute atomic E-state index is 0.714. The van der Waals surface area contributed by atoms with Crippen LogP contribution in [0.4, 0.5) is 0 Å². The highest BCUT2D eigenvalue weighted by Crippen LogP contribution is 2.27. The van der Waals surface area contributed by atoms with Crippen molar-refractivity contribution in [1.82, 2.24) is 0 Å². The molecule has 1 aromatic rings. The molecule has 58 valence electrons. The minimum atomic E-state index is -0.714. The molecule has 0 bridgehead atoms. The van der Waals surface area contributed by atoms with Crippen LogP contribution in [0.1, 0.15) is 4.88 Å². The maximum absolute atomic E-state index is 5.36. The zero-order valence-electron chi connectivity index (χ0n) is 6.58. The van der Waals surface area contributed by atoms with Crippen LogP contribution in [0.3, 0.4) is 0 Å². The summed E-state index contributed by atoms with van der Waals surface area (Å²) in [6, 6.07) is 3.85. The summed E-state index contributed by atoms with van der Waals surface area (Å²) in [5.41, 5.74) is -0.714. The predicted molar refractivity (Wildman–Crippen MR) is 53.9 cm³/mol. The average molecular weight is 172 g/mol. The molecule has 0 atom stereocenters. The fraction of sp³-hybridized carbons (Fsp3) is 0.0909. The molecule has 0 saturated heterocycles. The molecule has 0 aromatic carbocycles. The van der Waals surface area contributed by atoms with Crippen LogP contribution in [0.5, 0.6) is 0 Å². The molecule has 12 heavy (non-hydrogen) atoms. The van der Waals surface area contributed by atoms with Crippen LogP contribution in [0.2, 0.25) is 0 Å². The standard InChI is InChI=1S/C11H8S/c1-4-11(5-2,6-3)10-8-7-9-12-10/h1-2,6-9H,3H2. The predicted octanol–water partition coefficient (Wildman–Crippen LogP) is 2.44. The van der Waals surface area contributed by atoms with Crippen LogP contribution >= 0.6 is 11.3 Å². The lowest BCUT2D eigenvalue weighted by molar-refractivity contribution is 0.966. The second-order valence-corrected chi connectivity index (χ2v) is 3.23. The van der Waals surface area contributed by atoms with Gasteiger partial charge in [-0.3, -0.25) is 0 Å². The van der Waals surface area contributed by atoms with E-state index < -0.39 is 5.41 Å². The van der Waals surface area contributed by atoms with Crippen molar-refractivity contribution in [2.75, 3.05) is 0 Å². The lowest BCUT2D eigenvalue weighted by Gasteiger charge is -2.14. The number of rotatable bonds is 2. The Labute approximate surface area is 76.9 Å². The average Bonchev–Trinajstić information content (AvgIpc) is 2.62. The molecule has 0 saturated carbocycles. The molecule has 0 aliphatic heterocycles. The smallest absolute Gasteiger partial charge is 0.143 e. The Bertz CT molecular complexity index is 329. The lowest BCUT2D eigenvalue weighted by Crippen LogP contribution is -2.15. The van der Waals surface area contributed by atoms with E-state index in [4.69, 9.17) is 12.8 Å². The van der Waals surface area contributed by atoms with Gasteiger partial charge in [-0.25, -0.2) is 0 Å². The molecule has 0 aliphatic rings. The SMILES string of the molecule is C#CC(C#C)(C=C)c1cccs1. The van der Waals surface area contributed by atoms with Gasteiger partial charge in [-0.2, -0.15) is 0 Å². The normalized spacial score (nSPS) is 9.83. The van der Waals surface area contributed by atoms with Gasteiger partial charge in [-0.1, -0.05) is 24.0 Å². The van der Waals surface area contributed by atoms with Crippen LogP contribution in [0.25, 0.3) is 0 Å². The van der Waals surface area contributed by atoms with Gasteiger partial charge in [0.05, 0.1) is 0 Å². The second kappa shape index (κ2) is 3.30. The largest absolute Gasteiger partial charge is 0.146 e. The second-order valence-electron chi connectivity index (χ2n) is 2.28. The summed E-state index contributed by atoms with van der Waals surface area (Å²) in [5.74, 6) is 5.15. The van der Waals surface area contributed by atoms with Crippen molar-refractivity contribution < 1.29 is 0 Å². The molecule has 1 rings (SSSR count). The van der Waals surface area contributed by atoms with E-state index in [1.54, 1.807) is 17.4 Å². The van der Waals surface area contributed by atoms with Crippen LogP contribution < -0.4 is 0 Å². The molecule has 0 spiro atoms. The molecule has 1 aromatic heterocycles. The van der Waals surface area contributed by atoms with E-state index in [9.17, 15) is 0 Å². The van der Waals surface area contributed by atoms with Crippen molar-refractivity contribution in [2.24, 2.45) is 0 Å². The Kier molecular flexibility index (Phi) is 2.38. The molecule has 0 radical (unpaired) electrons. The first kappa shape index (κ1) is 8.65. The van der Waals surface area contributed by atoms with E-state index in [2.05, 4.69) is 18.4 Å². The van der Waals surface area contributed by atoms with Crippen molar-refractivity contribution in [1.29, 1.82) is 0 Å². The van der Waals surface area contributed by atoms with E-state index in [1.807, 2.05) is 17.5 Å². The highest BCUT2D eigenvalue weighted by Gasteiger charge is 2.23. The number of allylic oxidation sites excluding steroid dienone is 1. The molecular formula is C11H8S. The van der Waals surface area contributed by atoms with Crippen LogP contribution in [0, 0.1) is 24.7 Å². The maximum atomic E-state index is 5.36. The number of terminal acetylenes is 2. The number of thiophene rings is 1. The van der Waals surface area contributed by atoms with Gasteiger partial charge in [-0.15, -0.1) is 30.8 Å². The van der Waals surface area contributed by atoms with Gasteiger partial charge in [0.15, 0.2) is 0 Å². The van der Waals surface area contributed by atoms with E-state index in [0.717, 1.165) is 4.88 Å². The molecule has 1 heterocycles. The molecule has 0 nitrogen and oxygen atoms in total. The highest BCUT2D eigenvalue weighted by molar-refractivity contribution is 7.10. The van der Waals surface area contributed by atoms with Crippen molar-refractivity contribution in [3.8, 4) is 24.7 Å². The fourth-order valence-electron chi connectivity index (χ4n) is 0.905. The summed E-state index contributed by atoms with van der Waals surface area (Å²) < 4.78 is 0. The van der Waals surface area contributed by atoms with Crippen molar-refractivity contribution in [3.63, 3.8) is 0 Å². The summed E-state index contributed by atoms with van der Waals surface area (Å²) in [4.78, 5) is 0.975. The van der Waals surface area contributed by atoms with Crippen molar-refractivity contribution in [3.05, 3.63) is 35.0 Å². The lowest BCUT2D eigenvalue weighted by atomic mass is 9.89. The summed E-state index contributed by atoms with van der Waals surface area (Å²) >= 11 is 1.55. The molecule has 0 N–H and O–H groups in total. The summed E-state index contributed by atoms with van der Waals surface area (Å²) in [6.07, 6.45) is 12.3. The minimum Gasteiger partial charge on any atom is -0.146 e. The molecule has 0 unspecified atom stereocenters. The third-order valence-corrected chi connectivity index (χ3v) is 2.68. The van der Waals surface area contributed by atoms with Gasteiger partial charge in [0.2, 0.25) is 0 Å². The first-order valence-electron chi connectivity index (χ1n) is 3.42. The van der Waals surface area contributed by atoms with Crippen LogP contribution in [-0.2, 0) is 5.41 Å². The Morgan fingerprint density at radius 3 is 2.50 bits per heavy atom. The summed E-state index contributed by atoms with van der Waals surface area (Å²) in [7, 11) is 0. The van der Waals surface area contributed by atoms with Gasteiger partial charge in [0.1, 0.15) is 5.41 Å². The third-order valence-electron chi connectivity index (χ3n) is 1.67. The topological polar surface area (TPSA) is 0 Å². The van der Waals surface area contributed by atoms with Crippen molar-refractivity contribution >= 4 is 11.3 Å². The Morgan fingerprint density at radius 2 is 2.17 bits per heavy atom. The third kappa shape index (κ3) is 1.16. The van der Waals surface area contributed by atoms with E-state index >= 15 is 0 Å². The van der Waals surface area contributed by atoms with Crippen LogP contribution in [0.15, 0.2) is 30.2 Å². The first-order valence-corrected chi connectivity index (χ1v) is 4.30. The molecular weight excluding hydrogens is 164 g/mol. The zero-order chi connectivity index (χ0) is 9.03. The monoisotopic (exact) mass is 172 g/mol. The molecule has 0 fully saturated rings. The van der Waals surface area contributed by atoms with E-state index in [1.165, 1.54) is 0 Å². The molecule has 0 amide bonds. The number of hydrogen-bond donors (Lipinski definition) is 0. The van der Waals surface area contributed by atoms with Gasteiger partial charge in [0.25, 0.3) is 0 Å². The van der Waals surface area contributed by atoms with Gasteiger partial charge < -0.3 is 0 Å². The van der Waals surface area contributed by atoms with Gasteiger partial charge in [-0.05, 0) is 11.4 Å². The molecule has 0 aliphatic carbocycles. The quantitative estimate of drug-likeness (QED) is 0.475. The molecule has 1 heteroatoms. The van der Waals surface area contributed by atoms with E-state index in [-0.39, 0.29) is 0 Å². The van der Waals surface area contributed by atoms with E-state index in [0.29, 0.717) is 0 Å². The van der Waals surface area contributed by atoms with Gasteiger partial charge >= 0.3 is 0 Å². The Hall–Kier alpha value is -1.44. The van der Waals surface area contributed by atoms with Gasteiger partial charge in [0, 0.05) is 4.88 Å². The maximum Gasteiger partial charge on any atom is 0.143 e. The summed E-state index contributed by atoms with van der Waals surface area (Å²) in [5, 5.41) is 1.95. The van der Waals surface area contributed by atoms with Crippen molar-refractivity contribution in [2.45, 2.75) is 5.41 Å². The fourth-order valence-corrected chi connectivity index (χ4v) is 1.75. The Morgan fingerprint density at radius 1 is 1.50 bits per heavy atom. The Balaban J connectivity index is 3.24. The summed E-state index contributed by atoms with van der Waals surface area (Å²) in [6.45, 7) is 3.65. The zero-order valence-corrected chi connectivity index (χ0v) is 7.40. The van der Waals surface area contributed by atoms with Crippen LogP contribution in [-0.4, -0.2) is 0 Å².